The number of hydrogen-bond acceptors (Lipinski definition) is 3. The maximum Gasteiger partial charge on any atom is 0.255 e. The molecule has 180 valence electrons. The average molecular weight is 476 g/mol. The van der Waals surface area contributed by atoms with Gasteiger partial charge in [-0.1, -0.05) is 73.5 Å². The molecule has 2 heterocycles. The molecular formula is C31H29N3O2. The quantitative estimate of drug-likeness (QED) is 0.396. The number of fused-ring (bicyclic) bond motifs is 4. The van der Waals surface area contributed by atoms with Gasteiger partial charge in [-0.05, 0) is 49.1 Å². The van der Waals surface area contributed by atoms with Crippen LogP contribution in [0.25, 0.3) is 22.2 Å². The first-order chi connectivity index (χ1) is 17.6. The maximum atomic E-state index is 14.1. The van der Waals surface area contributed by atoms with Crippen molar-refractivity contribution in [2.24, 2.45) is 0 Å². The van der Waals surface area contributed by atoms with Gasteiger partial charge in [-0.2, -0.15) is 0 Å². The van der Waals surface area contributed by atoms with Crippen molar-refractivity contribution < 1.29 is 9.59 Å². The second kappa shape index (κ2) is 9.23. The fraction of sp³-hybridized carbons (Fsp3) is 0.258. The lowest BCUT2D eigenvalue weighted by molar-refractivity contribution is -0.126. The van der Waals surface area contributed by atoms with Crippen LogP contribution in [0.4, 0.5) is 0 Å². The van der Waals surface area contributed by atoms with E-state index in [2.05, 4.69) is 23.5 Å². The lowest BCUT2D eigenvalue weighted by Crippen LogP contribution is -2.45. The Hall–Kier alpha value is -3.99. The number of amides is 2. The first-order valence-corrected chi connectivity index (χ1v) is 12.7. The molecule has 5 heteroatoms. The summed E-state index contributed by atoms with van der Waals surface area (Å²) in [4.78, 5) is 34.9. The van der Waals surface area contributed by atoms with Crippen molar-refractivity contribution in [3.63, 3.8) is 0 Å². The van der Waals surface area contributed by atoms with Crippen LogP contribution in [0.1, 0.15) is 58.8 Å². The molecule has 6 rings (SSSR count). The van der Waals surface area contributed by atoms with Crippen LogP contribution in [0.5, 0.6) is 0 Å². The Labute approximate surface area is 211 Å². The van der Waals surface area contributed by atoms with Crippen molar-refractivity contribution in [2.75, 3.05) is 0 Å². The predicted molar refractivity (Wildman–Crippen MR) is 141 cm³/mol. The van der Waals surface area contributed by atoms with E-state index < -0.39 is 6.04 Å². The average Bonchev–Trinajstić information content (AvgIpc) is 3.38. The highest BCUT2D eigenvalue weighted by atomic mass is 16.2. The summed E-state index contributed by atoms with van der Waals surface area (Å²) in [7, 11) is 0. The van der Waals surface area contributed by atoms with Crippen LogP contribution in [-0.2, 0) is 11.3 Å². The second-order valence-corrected chi connectivity index (χ2v) is 9.98. The minimum absolute atomic E-state index is 0.131. The Bertz CT molecular complexity index is 1460. The topological polar surface area (TPSA) is 62.3 Å². The van der Waals surface area contributed by atoms with E-state index >= 15 is 0 Å². The lowest BCUT2D eigenvalue weighted by Gasteiger charge is -2.31. The number of pyridine rings is 1. The molecule has 3 aromatic carbocycles. The molecule has 4 aromatic rings. The fourth-order valence-electron chi connectivity index (χ4n) is 5.61. The zero-order valence-electron chi connectivity index (χ0n) is 20.4. The summed E-state index contributed by atoms with van der Waals surface area (Å²) >= 11 is 0. The molecule has 0 radical (unpaired) electrons. The molecule has 5 nitrogen and oxygen atoms in total. The van der Waals surface area contributed by atoms with Crippen molar-refractivity contribution in [1.29, 1.82) is 0 Å². The highest BCUT2D eigenvalue weighted by Crippen LogP contribution is 2.40. The lowest BCUT2D eigenvalue weighted by atomic mass is 9.96. The van der Waals surface area contributed by atoms with Crippen molar-refractivity contribution >= 4 is 22.7 Å². The molecule has 1 aromatic heterocycles. The molecule has 0 saturated heterocycles. The molecule has 1 unspecified atom stereocenters. The third kappa shape index (κ3) is 4.05. The maximum absolute atomic E-state index is 14.1. The number of nitrogens with one attached hydrogen (secondary N) is 1. The summed E-state index contributed by atoms with van der Waals surface area (Å²) in [5.74, 6) is -0.284. The molecule has 1 aliphatic carbocycles. The first kappa shape index (κ1) is 22.5. The minimum Gasteiger partial charge on any atom is -0.351 e. The summed E-state index contributed by atoms with van der Waals surface area (Å²) in [6.45, 7) is 2.38. The SMILES string of the molecule is Cc1ccc2cc3c(nc2c1)-c1ccccc1C(=O)N(Cc1ccccc1)C3C(=O)NC1CCCC1. The number of aryl methyl sites for hydroxylation is 1. The number of rotatable bonds is 4. The van der Waals surface area contributed by atoms with Gasteiger partial charge in [0.2, 0.25) is 5.91 Å². The highest BCUT2D eigenvalue weighted by molar-refractivity contribution is 6.06. The van der Waals surface area contributed by atoms with E-state index in [4.69, 9.17) is 4.98 Å². The number of carbonyl (C=O) groups excluding carboxylic acids is 2. The molecule has 36 heavy (non-hydrogen) atoms. The molecule has 2 amide bonds. The van der Waals surface area contributed by atoms with Crippen LogP contribution < -0.4 is 5.32 Å². The van der Waals surface area contributed by atoms with E-state index in [1.54, 1.807) is 4.90 Å². The number of aromatic nitrogens is 1. The smallest absolute Gasteiger partial charge is 0.255 e. The summed E-state index contributed by atoms with van der Waals surface area (Å²) in [5.41, 5.74) is 5.79. The highest BCUT2D eigenvalue weighted by Gasteiger charge is 2.39. The second-order valence-electron chi connectivity index (χ2n) is 9.98. The molecule has 1 fully saturated rings. The third-order valence-corrected chi connectivity index (χ3v) is 7.43. The van der Waals surface area contributed by atoms with Gasteiger partial charge in [-0.15, -0.1) is 0 Å². The van der Waals surface area contributed by atoms with E-state index in [1.165, 1.54) is 0 Å². The van der Waals surface area contributed by atoms with Crippen molar-refractivity contribution in [3.05, 3.63) is 101 Å². The summed E-state index contributed by atoms with van der Waals surface area (Å²) in [6.07, 6.45) is 4.20. The van der Waals surface area contributed by atoms with Gasteiger partial charge in [0, 0.05) is 34.7 Å². The van der Waals surface area contributed by atoms with Crippen molar-refractivity contribution in [3.8, 4) is 11.3 Å². The van der Waals surface area contributed by atoms with Crippen LogP contribution in [0, 0.1) is 6.92 Å². The van der Waals surface area contributed by atoms with Gasteiger partial charge in [0.1, 0.15) is 6.04 Å². The monoisotopic (exact) mass is 475 g/mol. The van der Waals surface area contributed by atoms with Crippen molar-refractivity contribution in [2.45, 2.75) is 51.2 Å². The molecular weight excluding hydrogens is 446 g/mol. The zero-order chi connectivity index (χ0) is 24.6. The molecule has 0 bridgehead atoms. The Morgan fingerprint density at radius 1 is 0.944 bits per heavy atom. The number of nitrogens with zero attached hydrogens (tertiary/aromatic N) is 2. The van der Waals surface area contributed by atoms with E-state index in [9.17, 15) is 9.59 Å². The largest absolute Gasteiger partial charge is 0.351 e. The third-order valence-electron chi connectivity index (χ3n) is 7.43. The van der Waals surface area contributed by atoms with Gasteiger partial charge in [-0.3, -0.25) is 9.59 Å². The van der Waals surface area contributed by atoms with Gasteiger partial charge in [0.05, 0.1) is 11.2 Å². The van der Waals surface area contributed by atoms with Crippen LogP contribution in [0.2, 0.25) is 0 Å². The van der Waals surface area contributed by atoms with Gasteiger partial charge >= 0.3 is 0 Å². The molecule has 0 spiro atoms. The molecule has 2 aliphatic rings. The number of hydrogen-bond donors (Lipinski definition) is 1. The molecule has 1 atom stereocenters. The van der Waals surface area contributed by atoms with Gasteiger partial charge in [0.15, 0.2) is 0 Å². The Morgan fingerprint density at radius 2 is 1.67 bits per heavy atom. The first-order valence-electron chi connectivity index (χ1n) is 12.7. The number of carbonyl (C=O) groups is 2. The summed E-state index contributed by atoms with van der Waals surface area (Å²) in [6, 6.07) is 25.1. The van der Waals surface area contributed by atoms with E-state index in [1.807, 2.05) is 67.6 Å². The van der Waals surface area contributed by atoms with Crippen LogP contribution >= 0.6 is 0 Å². The Kier molecular flexibility index (Phi) is 5.76. The van der Waals surface area contributed by atoms with Gasteiger partial charge in [-0.25, -0.2) is 4.98 Å². The standard InChI is InChI=1S/C31H29N3O2/c1-20-15-16-22-18-26-28(33-27(22)17-20)24-13-7-8-14-25(24)31(36)34(19-21-9-3-2-4-10-21)29(26)30(35)32-23-11-5-6-12-23/h2-4,7-10,13-18,23,29H,5-6,11-12,19H2,1H3,(H,32,35). The Morgan fingerprint density at radius 3 is 2.44 bits per heavy atom. The van der Waals surface area contributed by atoms with Gasteiger partial charge < -0.3 is 10.2 Å². The Balaban J connectivity index is 1.57. The number of benzene rings is 3. The minimum atomic E-state index is -0.779. The fourth-order valence-corrected chi connectivity index (χ4v) is 5.61. The van der Waals surface area contributed by atoms with E-state index in [0.29, 0.717) is 17.8 Å². The van der Waals surface area contributed by atoms with Crippen LogP contribution in [0.15, 0.2) is 78.9 Å². The normalized spacial score (nSPS) is 17.5. The zero-order valence-corrected chi connectivity index (χ0v) is 20.4. The van der Waals surface area contributed by atoms with Crippen molar-refractivity contribution in [1.82, 2.24) is 15.2 Å². The van der Waals surface area contributed by atoms with E-state index in [0.717, 1.165) is 58.8 Å². The molecule has 1 N–H and O–H groups in total. The summed E-state index contributed by atoms with van der Waals surface area (Å²) < 4.78 is 0. The molecule has 1 saturated carbocycles. The van der Waals surface area contributed by atoms with Crippen LogP contribution in [-0.4, -0.2) is 27.7 Å². The van der Waals surface area contributed by atoms with Crippen LogP contribution in [0.3, 0.4) is 0 Å². The summed E-state index contributed by atoms with van der Waals surface area (Å²) in [5, 5.41) is 4.24. The molecule has 1 aliphatic heterocycles. The van der Waals surface area contributed by atoms with E-state index in [-0.39, 0.29) is 17.9 Å². The van der Waals surface area contributed by atoms with Gasteiger partial charge in [0.25, 0.3) is 5.91 Å². The predicted octanol–water partition coefficient (Wildman–Crippen LogP) is 5.97.